The van der Waals surface area contributed by atoms with Gasteiger partial charge in [0, 0.05) is 0 Å². The SMILES string of the molecule is CN1CCCC(CC(C)(C)C)CC1. The van der Waals surface area contributed by atoms with Crippen molar-refractivity contribution >= 4 is 0 Å². The zero-order chi connectivity index (χ0) is 9.90. The van der Waals surface area contributed by atoms with E-state index in [0.717, 1.165) is 5.92 Å². The van der Waals surface area contributed by atoms with Crippen LogP contribution in [0.25, 0.3) is 0 Å². The van der Waals surface area contributed by atoms with Crippen LogP contribution >= 0.6 is 0 Å². The van der Waals surface area contributed by atoms with E-state index < -0.39 is 0 Å². The Kier molecular flexibility index (Phi) is 3.78. The Bertz CT molecular complexity index is 146. The minimum atomic E-state index is 0.521. The third-order valence-corrected chi connectivity index (χ3v) is 2.97. The fourth-order valence-electron chi connectivity index (χ4n) is 2.38. The van der Waals surface area contributed by atoms with Crippen LogP contribution < -0.4 is 0 Å². The zero-order valence-corrected chi connectivity index (χ0v) is 9.77. The van der Waals surface area contributed by atoms with Crippen molar-refractivity contribution in [1.82, 2.24) is 4.90 Å². The Balaban J connectivity index is 2.34. The highest BCUT2D eigenvalue weighted by Crippen LogP contribution is 2.30. The lowest BCUT2D eigenvalue weighted by Crippen LogP contribution is -2.19. The molecule has 0 aromatic heterocycles. The van der Waals surface area contributed by atoms with Gasteiger partial charge >= 0.3 is 0 Å². The minimum Gasteiger partial charge on any atom is -0.306 e. The van der Waals surface area contributed by atoms with E-state index in [2.05, 4.69) is 32.7 Å². The quantitative estimate of drug-likeness (QED) is 0.603. The highest BCUT2D eigenvalue weighted by atomic mass is 15.1. The maximum absolute atomic E-state index is 2.47. The summed E-state index contributed by atoms with van der Waals surface area (Å²) in [6, 6.07) is 0. The molecule has 1 nitrogen and oxygen atoms in total. The Hall–Kier alpha value is -0.0400. The molecule has 0 aromatic rings. The number of rotatable bonds is 1. The van der Waals surface area contributed by atoms with E-state index in [1.54, 1.807) is 0 Å². The van der Waals surface area contributed by atoms with Gasteiger partial charge in [-0.3, -0.25) is 0 Å². The Labute approximate surface area is 83.5 Å². The topological polar surface area (TPSA) is 3.24 Å². The van der Waals surface area contributed by atoms with Crippen molar-refractivity contribution in [1.29, 1.82) is 0 Å². The molecule has 0 aliphatic carbocycles. The largest absolute Gasteiger partial charge is 0.306 e. The van der Waals surface area contributed by atoms with Gasteiger partial charge in [-0.1, -0.05) is 20.8 Å². The smallest absolute Gasteiger partial charge is 0.00191 e. The van der Waals surface area contributed by atoms with Crippen LogP contribution in [0.5, 0.6) is 0 Å². The van der Waals surface area contributed by atoms with Crippen molar-refractivity contribution in [3.63, 3.8) is 0 Å². The molecular weight excluding hydrogens is 158 g/mol. The van der Waals surface area contributed by atoms with Gasteiger partial charge in [-0.2, -0.15) is 0 Å². The normalized spacial score (nSPS) is 27.2. The second-order valence-electron chi connectivity index (χ2n) is 5.86. The molecule has 0 bridgehead atoms. The maximum atomic E-state index is 2.47. The second kappa shape index (κ2) is 4.45. The van der Waals surface area contributed by atoms with Crippen LogP contribution in [0, 0.1) is 11.3 Å². The monoisotopic (exact) mass is 183 g/mol. The fraction of sp³-hybridized carbons (Fsp3) is 1.00. The summed E-state index contributed by atoms with van der Waals surface area (Å²) in [5, 5.41) is 0. The summed E-state index contributed by atoms with van der Waals surface area (Å²) in [5.41, 5.74) is 0.521. The Morgan fingerprint density at radius 3 is 2.46 bits per heavy atom. The van der Waals surface area contributed by atoms with Gasteiger partial charge in [0.1, 0.15) is 0 Å². The fourth-order valence-corrected chi connectivity index (χ4v) is 2.38. The van der Waals surface area contributed by atoms with E-state index in [-0.39, 0.29) is 0 Å². The summed E-state index contributed by atoms with van der Waals surface area (Å²) in [5.74, 6) is 0.977. The van der Waals surface area contributed by atoms with Gasteiger partial charge in [-0.15, -0.1) is 0 Å². The molecule has 0 spiro atoms. The molecule has 1 unspecified atom stereocenters. The number of likely N-dealkylation sites (tertiary alicyclic amines) is 1. The molecular formula is C12H25N. The summed E-state index contributed by atoms with van der Waals surface area (Å²) in [7, 11) is 2.25. The van der Waals surface area contributed by atoms with Gasteiger partial charge in [0.25, 0.3) is 0 Å². The summed E-state index contributed by atoms with van der Waals surface area (Å²) < 4.78 is 0. The molecule has 1 aliphatic heterocycles. The average molecular weight is 183 g/mol. The van der Waals surface area contributed by atoms with E-state index in [9.17, 15) is 0 Å². The van der Waals surface area contributed by atoms with E-state index in [1.807, 2.05) is 0 Å². The van der Waals surface area contributed by atoms with E-state index in [1.165, 1.54) is 38.8 Å². The summed E-state index contributed by atoms with van der Waals surface area (Å²) >= 11 is 0. The molecule has 0 radical (unpaired) electrons. The molecule has 0 saturated carbocycles. The Morgan fingerprint density at radius 2 is 1.85 bits per heavy atom. The molecule has 1 heterocycles. The third kappa shape index (κ3) is 4.66. The lowest BCUT2D eigenvalue weighted by Gasteiger charge is -2.24. The van der Waals surface area contributed by atoms with Gasteiger partial charge < -0.3 is 4.90 Å². The Morgan fingerprint density at radius 1 is 1.15 bits per heavy atom. The number of hydrogen-bond acceptors (Lipinski definition) is 1. The van der Waals surface area contributed by atoms with E-state index in [4.69, 9.17) is 0 Å². The molecule has 0 aromatic carbocycles. The van der Waals surface area contributed by atoms with Gasteiger partial charge in [0.2, 0.25) is 0 Å². The molecule has 1 atom stereocenters. The van der Waals surface area contributed by atoms with E-state index in [0.29, 0.717) is 5.41 Å². The van der Waals surface area contributed by atoms with Crippen molar-refractivity contribution in [3.8, 4) is 0 Å². The van der Waals surface area contributed by atoms with Crippen molar-refractivity contribution in [2.75, 3.05) is 20.1 Å². The highest BCUT2D eigenvalue weighted by Gasteiger charge is 2.20. The first-order chi connectivity index (χ1) is 5.97. The first-order valence-corrected chi connectivity index (χ1v) is 5.66. The van der Waals surface area contributed by atoms with Gasteiger partial charge in [0.15, 0.2) is 0 Å². The van der Waals surface area contributed by atoms with Crippen molar-refractivity contribution < 1.29 is 0 Å². The first-order valence-electron chi connectivity index (χ1n) is 5.66. The number of nitrogens with zero attached hydrogens (tertiary/aromatic N) is 1. The maximum Gasteiger partial charge on any atom is -0.00191 e. The highest BCUT2D eigenvalue weighted by molar-refractivity contribution is 4.73. The van der Waals surface area contributed by atoms with Gasteiger partial charge in [0.05, 0.1) is 0 Å². The van der Waals surface area contributed by atoms with Crippen molar-refractivity contribution in [2.24, 2.45) is 11.3 Å². The predicted octanol–water partition coefficient (Wildman–Crippen LogP) is 3.15. The molecule has 1 aliphatic rings. The van der Waals surface area contributed by atoms with Crippen LogP contribution in [0.15, 0.2) is 0 Å². The molecule has 1 rings (SSSR count). The predicted molar refractivity (Wildman–Crippen MR) is 58.9 cm³/mol. The van der Waals surface area contributed by atoms with Crippen LogP contribution in [-0.2, 0) is 0 Å². The second-order valence-corrected chi connectivity index (χ2v) is 5.86. The average Bonchev–Trinajstić information content (AvgIpc) is 2.12. The molecule has 1 saturated heterocycles. The molecule has 1 fully saturated rings. The summed E-state index contributed by atoms with van der Waals surface area (Å²) in [6.45, 7) is 9.70. The molecule has 1 heteroatoms. The lowest BCUT2D eigenvalue weighted by atomic mass is 9.81. The molecule has 0 N–H and O–H groups in total. The number of hydrogen-bond donors (Lipinski definition) is 0. The third-order valence-electron chi connectivity index (χ3n) is 2.97. The molecule has 13 heavy (non-hydrogen) atoms. The zero-order valence-electron chi connectivity index (χ0n) is 9.77. The van der Waals surface area contributed by atoms with Gasteiger partial charge in [-0.05, 0) is 57.2 Å². The van der Waals surface area contributed by atoms with Crippen LogP contribution in [0.4, 0.5) is 0 Å². The minimum absolute atomic E-state index is 0.521. The summed E-state index contributed by atoms with van der Waals surface area (Å²) in [4.78, 5) is 2.47. The standard InChI is InChI=1S/C12H25N/c1-12(2,3)10-11-6-5-8-13(4)9-7-11/h11H,5-10H2,1-4H3. The lowest BCUT2D eigenvalue weighted by molar-refractivity contribution is 0.269. The van der Waals surface area contributed by atoms with E-state index >= 15 is 0 Å². The van der Waals surface area contributed by atoms with Crippen LogP contribution in [-0.4, -0.2) is 25.0 Å². The molecule has 0 amide bonds. The molecule has 78 valence electrons. The van der Waals surface area contributed by atoms with Crippen molar-refractivity contribution in [3.05, 3.63) is 0 Å². The first kappa shape index (κ1) is 11.0. The van der Waals surface area contributed by atoms with Crippen molar-refractivity contribution in [2.45, 2.75) is 46.5 Å². The summed E-state index contributed by atoms with van der Waals surface area (Å²) in [6.07, 6.45) is 5.66. The van der Waals surface area contributed by atoms with Crippen LogP contribution in [0.3, 0.4) is 0 Å². The van der Waals surface area contributed by atoms with Crippen LogP contribution in [0.1, 0.15) is 46.5 Å². The van der Waals surface area contributed by atoms with Gasteiger partial charge in [-0.25, -0.2) is 0 Å². The van der Waals surface area contributed by atoms with Crippen LogP contribution in [0.2, 0.25) is 0 Å².